The highest BCUT2D eigenvalue weighted by Crippen LogP contribution is 2.41. The third kappa shape index (κ3) is 18.9. The monoisotopic (exact) mass is 976 g/mol. The molecular weight excluding hydrogens is 899 g/mol. The molecule has 5 atom stereocenters. The molecule has 1 spiro atoms. The molecule has 0 aliphatic carbocycles. The normalized spacial score (nSPS) is 16.6. The third-order valence-corrected chi connectivity index (χ3v) is 12.0. The lowest BCUT2D eigenvalue weighted by Crippen LogP contribution is -2.65. The van der Waals surface area contributed by atoms with Crippen LogP contribution in [0.1, 0.15) is 111 Å². The first kappa shape index (κ1) is 56.3. The van der Waals surface area contributed by atoms with Crippen LogP contribution in [0.2, 0.25) is 0 Å². The Kier molecular flexibility index (Phi) is 20.6. The van der Waals surface area contributed by atoms with Gasteiger partial charge in [-0.3, -0.25) is 28.8 Å². The van der Waals surface area contributed by atoms with E-state index in [1.807, 2.05) is 74.5 Å². The summed E-state index contributed by atoms with van der Waals surface area (Å²) in [6, 6.07) is 12.7. The van der Waals surface area contributed by atoms with E-state index >= 15 is 0 Å². The molecule has 2 aliphatic rings. The van der Waals surface area contributed by atoms with Gasteiger partial charge in [-0.05, 0) is 97.1 Å². The van der Waals surface area contributed by atoms with E-state index in [1.165, 1.54) is 0 Å². The summed E-state index contributed by atoms with van der Waals surface area (Å²) in [5.74, 6) is -3.25. The number of nitrogens with one attached hydrogen (secondary N) is 5. The Morgan fingerprint density at radius 1 is 0.629 bits per heavy atom. The number of alkyl carbamates (subject to hydrolysis) is 2. The van der Waals surface area contributed by atoms with E-state index in [1.54, 1.807) is 51.3 Å². The number of nitrogens with zero attached hydrogens (tertiary/aromatic N) is 2. The first-order valence-corrected chi connectivity index (χ1v) is 24.4. The van der Waals surface area contributed by atoms with Crippen molar-refractivity contribution < 1.29 is 47.8 Å². The number of likely N-dealkylation sites (tertiary alicyclic amines) is 2. The molecule has 4 rings (SSSR count). The fourth-order valence-electron chi connectivity index (χ4n) is 8.52. The van der Waals surface area contributed by atoms with Crippen LogP contribution in [0.15, 0.2) is 60.7 Å². The maximum atomic E-state index is 14.5. The Bertz CT molecular complexity index is 2090. The van der Waals surface area contributed by atoms with E-state index in [-0.39, 0.29) is 61.8 Å². The Hall–Kier alpha value is -6.24. The number of ether oxygens (including phenoxy) is 2. The van der Waals surface area contributed by atoms with Gasteiger partial charge < -0.3 is 57.3 Å². The number of rotatable bonds is 22. The SMILES string of the molecule is CC(C)C[C@@H](NC(=O)[C@@H](Cc1ccccc1)NC(=O)[C@@H](Cc1ccccc1)NC(=O)OC(C)(C)C)C(=O)N[C@H](CCCCNC(=O)OC(C)(C)C)C(=O)N1CCC2(CC1)CN(C(=O)[C@H](N)CC(N)=O)C2. The summed E-state index contributed by atoms with van der Waals surface area (Å²) in [5.41, 5.74) is 10.9. The zero-order chi connectivity index (χ0) is 51.8. The van der Waals surface area contributed by atoms with Gasteiger partial charge in [-0.2, -0.15) is 0 Å². The number of hydrogen-bond donors (Lipinski definition) is 7. The summed E-state index contributed by atoms with van der Waals surface area (Å²) in [7, 11) is 0. The van der Waals surface area contributed by atoms with Crippen molar-refractivity contribution in [3.05, 3.63) is 71.8 Å². The highest BCUT2D eigenvalue weighted by Gasteiger charge is 2.48. The number of hydrogen-bond acceptors (Lipinski definition) is 11. The van der Waals surface area contributed by atoms with Crippen molar-refractivity contribution in [2.45, 2.75) is 155 Å². The zero-order valence-electron chi connectivity index (χ0n) is 42.3. The van der Waals surface area contributed by atoms with Crippen LogP contribution in [0.4, 0.5) is 9.59 Å². The molecule has 386 valence electrons. The molecule has 0 saturated carbocycles. The molecule has 19 heteroatoms. The van der Waals surface area contributed by atoms with Crippen molar-refractivity contribution in [3.63, 3.8) is 0 Å². The van der Waals surface area contributed by atoms with Crippen molar-refractivity contribution in [3.8, 4) is 0 Å². The van der Waals surface area contributed by atoms with Gasteiger partial charge in [0.25, 0.3) is 0 Å². The van der Waals surface area contributed by atoms with Crippen molar-refractivity contribution in [2.24, 2.45) is 22.8 Å². The number of benzene rings is 2. The van der Waals surface area contributed by atoms with Crippen LogP contribution in [-0.4, -0.2) is 132 Å². The number of amides is 8. The smallest absolute Gasteiger partial charge is 0.408 e. The Balaban J connectivity index is 1.52. The summed E-state index contributed by atoms with van der Waals surface area (Å²) in [5, 5.41) is 14.1. The Morgan fingerprint density at radius 2 is 1.10 bits per heavy atom. The minimum atomic E-state index is -1.19. The van der Waals surface area contributed by atoms with E-state index in [9.17, 15) is 38.4 Å². The van der Waals surface area contributed by atoms with Gasteiger partial charge in [0.05, 0.1) is 12.5 Å². The molecule has 2 aromatic carbocycles. The largest absolute Gasteiger partial charge is 0.444 e. The van der Waals surface area contributed by atoms with Gasteiger partial charge in [0, 0.05) is 51.0 Å². The van der Waals surface area contributed by atoms with Crippen LogP contribution in [0.5, 0.6) is 0 Å². The van der Waals surface area contributed by atoms with Gasteiger partial charge in [-0.25, -0.2) is 9.59 Å². The molecule has 70 heavy (non-hydrogen) atoms. The topological polar surface area (TPSA) is 274 Å². The van der Waals surface area contributed by atoms with Gasteiger partial charge in [0.2, 0.25) is 35.4 Å². The number of unbranched alkanes of at least 4 members (excludes halogenated alkanes) is 1. The maximum absolute atomic E-state index is 14.5. The summed E-state index contributed by atoms with van der Waals surface area (Å²) in [6.07, 6.45) is 1.09. The van der Waals surface area contributed by atoms with Crippen molar-refractivity contribution in [1.29, 1.82) is 0 Å². The predicted octanol–water partition coefficient (Wildman–Crippen LogP) is 3.21. The molecule has 0 aromatic heterocycles. The van der Waals surface area contributed by atoms with Crippen molar-refractivity contribution in [1.82, 2.24) is 36.4 Å². The van der Waals surface area contributed by atoms with E-state index in [2.05, 4.69) is 26.6 Å². The summed E-state index contributed by atoms with van der Waals surface area (Å²) < 4.78 is 10.8. The van der Waals surface area contributed by atoms with E-state index in [0.29, 0.717) is 51.9 Å². The lowest BCUT2D eigenvalue weighted by atomic mass is 9.71. The quantitative estimate of drug-likeness (QED) is 0.0842. The van der Waals surface area contributed by atoms with Crippen molar-refractivity contribution in [2.75, 3.05) is 32.7 Å². The predicted molar refractivity (Wildman–Crippen MR) is 263 cm³/mol. The number of nitrogens with two attached hydrogens (primary N) is 2. The first-order valence-electron chi connectivity index (χ1n) is 24.4. The van der Waals surface area contributed by atoms with E-state index in [0.717, 1.165) is 11.1 Å². The second kappa shape index (κ2) is 25.6. The summed E-state index contributed by atoms with van der Waals surface area (Å²) >= 11 is 0. The van der Waals surface area contributed by atoms with Crippen LogP contribution < -0.4 is 38.1 Å². The van der Waals surface area contributed by atoms with Crippen LogP contribution in [0.25, 0.3) is 0 Å². The lowest BCUT2D eigenvalue weighted by Gasteiger charge is -2.54. The molecule has 0 unspecified atom stereocenters. The zero-order valence-corrected chi connectivity index (χ0v) is 42.3. The van der Waals surface area contributed by atoms with Crippen LogP contribution in [0.3, 0.4) is 0 Å². The summed E-state index contributed by atoms with van der Waals surface area (Å²) in [4.78, 5) is 110. The molecule has 2 aliphatic heterocycles. The van der Waals surface area contributed by atoms with Crippen LogP contribution in [-0.2, 0) is 51.1 Å². The minimum Gasteiger partial charge on any atom is -0.444 e. The highest BCUT2D eigenvalue weighted by molar-refractivity contribution is 5.95. The number of carbonyl (C=O) groups is 8. The second-order valence-corrected chi connectivity index (χ2v) is 21.1. The summed E-state index contributed by atoms with van der Waals surface area (Å²) in [6.45, 7) is 16.1. The molecule has 0 bridgehead atoms. The molecular formula is C51H77N9O10. The molecule has 19 nitrogen and oxygen atoms in total. The standard InChI is InChI=1S/C51H77N9O10/c1-33(2)27-38(56-43(63)39(28-34-17-11-9-12-18-34)57-44(64)40(29-35-19-13-10-14-20-35)58-48(68)70-50(6,7)8)42(62)55-37(21-15-16-24-54-47(67)69-49(3,4)5)46(66)59-25-22-51(23-26-59)31-60(32-51)45(65)36(52)30-41(53)61/h9-14,17-20,33,36-40H,15-16,21-32,52H2,1-8H3,(H2,53,61)(H,54,67)(H,55,62)(H,56,63)(H,57,64)(H,58,68)/t36-,37-,38-,39-,40-/m1/s1. The maximum Gasteiger partial charge on any atom is 0.408 e. The van der Waals surface area contributed by atoms with Crippen LogP contribution in [0, 0.1) is 11.3 Å². The molecule has 2 heterocycles. The van der Waals surface area contributed by atoms with Gasteiger partial charge in [-0.1, -0.05) is 74.5 Å². The van der Waals surface area contributed by atoms with E-state index in [4.69, 9.17) is 20.9 Å². The first-order chi connectivity index (χ1) is 32.8. The average molecular weight is 976 g/mol. The van der Waals surface area contributed by atoms with Gasteiger partial charge >= 0.3 is 12.2 Å². The molecule has 0 radical (unpaired) electrons. The molecule has 2 fully saturated rings. The van der Waals surface area contributed by atoms with Gasteiger partial charge in [-0.15, -0.1) is 0 Å². The number of carbonyl (C=O) groups excluding carboxylic acids is 8. The Morgan fingerprint density at radius 3 is 1.60 bits per heavy atom. The van der Waals surface area contributed by atoms with E-state index < -0.39 is 77.2 Å². The average Bonchev–Trinajstić information content (AvgIpc) is 3.25. The number of primary amides is 1. The van der Waals surface area contributed by atoms with Gasteiger partial charge in [0.1, 0.15) is 35.4 Å². The lowest BCUT2D eigenvalue weighted by molar-refractivity contribution is -0.152. The highest BCUT2D eigenvalue weighted by atomic mass is 16.6. The van der Waals surface area contributed by atoms with Crippen molar-refractivity contribution >= 4 is 47.6 Å². The fraction of sp³-hybridized carbons (Fsp3) is 0.608. The fourth-order valence-corrected chi connectivity index (χ4v) is 8.52. The Labute approximate surface area is 412 Å². The second-order valence-electron chi connectivity index (χ2n) is 21.1. The molecule has 8 amide bonds. The molecule has 2 aromatic rings. The van der Waals surface area contributed by atoms with Crippen LogP contribution >= 0.6 is 0 Å². The number of piperidine rings is 1. The van der Waals surface area contributed by atoms with Gasteiger partial charge in [0.15, 0.2) is 0 Å². The molecule has 2 saturated heterocycles. The molecule has 9 N–H and O–H groups in total. The third-order valence-electron chi connectivity index (χ3n) is 12.0. The minimum absolute atomic E-state index is 0.0555.